The summed E-state index contributed by atoms with van der Waals surface area (Å²) < 4.78 is 29.0. The highest BCUT2D eigenvalue weighted by molar-refractivity contribution is 7.88. The van der Waals surface area contributed by atoms with Crippen molar-refractivity contribution in [2.75, 3.05) is 0 Å². The average Bonchev–Trinajstić information content (AvgIpc) is 3.11. The first-order valence-electron chi connectivity index (χ1n) is 15.8. The molecule has 4 rings (SSSR count). The molecule has 0 saturated carbocycles. The van der Waals surface area contributed by atoms with Gasteiger partial charge in [-0.25, -0.2) is 13.1 Å². The number of nitrogens with two attached hydrogens (primary N) is 1. The van der Waals surface area contributed by atoms with E-state index in [1.165, 1.54) is 0 Å². The van der Waals surface area contributed by atoms with Crippen LogP contribution in [-0.4, -0.2) is 49.0 Å². The van der Waals surface area contributed by atoms with Gasteiger partial charge in [0.15, 0.2) is 0 Å². The molecule has 256 valence electrons. The molecule has 3 aromatic carbocycles. The number of pyridine rings is 1. The Hall–Kier alpha value is -5.40. The first-order chi connectivity index (χ1) is 23.6. The zero-order valence-electron chi connectivity index (χ0n) is 27.0. The molecule has 0 fully saturated rings. The number of nitrogens with one attached hydrogen (secondary N) is 5. The maximum Gasteiger partial charge on any atom is 0.242 e. The lowest BCUT2D eigenvalue weighted by Gasteiger charge is -2.23. The number of aryl methyl sites for hydroxylation is 1. The largest absolute Gasteiger partial charge is 0.384 e. The molecule has 0 bridgehead atoms. The van der Waals surface area contributed by atoms with Gasteiger partial charge in [-0.15, -0.1) is 0 Å². The minimum atomic E-state index is -3.97. The van der Waals surface area contributed by atoms with E-state index in [9.17, 15) is 22.8 Å². The molecule has 3 amide bonds. The normalized spacial score (nSPS) is 12.3. The minimum absolute atomic E-state index is 0.0324. The molecule has 0 radical (unpaired) electrons. The quantitative estimate of drug-likeness (QED) is 0.0685. The van der Waals surface area contributed by atoms with Gasteiger partial charge in [-0.05, 0) is 53.6 Å². The van der Waals surface area contributed by atoms with Crippen LogP contribution in [-0.2, 0) is 49.7 Å². The fourth-order valence-corrected chi connectivity index (χ4v) is 6.35. The lowest BCUT2D eigenvalue weighted by atomic mass is 10.0. The van der Waals surface area contributed by atoms with Crippen LogP contribution in [0.5, 0.6) is 0 Å². The molecule has 0 aliphatic carbocycles. The molecular formula is C36H41N7O5S. The van der Waals surface area contributed by atoms with Crippen molar-refractivity contribution in [3.63, 3.8) is 0 Å². The molecule has 13 heteroatoms. The highest BCUT2D eigenvalue weighted by Gasteiger charge is 2.29. The molecule has 1 aromatic heterocycles. The molecule has 7 N–H and O–H groups in total. The Labute approximate surface area is 286 Å². The number of amides is 3. The summed E-state index contributed by atoms with van der Waals surface area (Å²) in [6, 6.07) is 25.9. The summed E-state index contributed by atoms with van der Waals surface area (Å²) >= 11 is 0. The van der Waals surface area contributed by atoms with Crippen molar-refractivity contribution in [1.82, 2.24) is 25.7 Å². The number of nitrogen functional groups attached to an aromatic ring is 1. The molecule has 1 heterocycles. The van der Waals surface area contributed by atoms with Gasteiger partial charge < -0.3 is 21.7 Å². The molecule has 0 saturated heterocycles. The molecular weight excluding hydrogens is 643 g/mol. The predicted octanol–water partition coefficient (Wildman–Crippen LogP) is 2.68. The summed E-state index contributed by atoms with van der Waals surface area (Å²) in [4.78, 5) is 44.0. The van der Waals surface area contributed by atoms with Crippen molar-refractivity contribution < 1.29 is 22.8 Å². The highest BCUT2D eigenvalue weighted by atomic mass is 32.2. The second-order valence-electron chi connectivity index (χ2n) is 11.5. The second-order valence-corrected chi connectivity index (χ2v) is 13.3. The Bertz CT molecular complexity index is 1790. The molecule has 0 aliphatic heterocycles. The van der Waals surface area contributed by atoms with E-state index in [2.05, 4.69) is 25.7 Å². The van der Waals surface area contributed by atoms with Crippen LogP contribution in [0.2, 0.25) is 0 Å². The third-order valence-electron chi connectivity index (χ3n) is 7.67. The van der Waals surface area contributed by atoms with Crippen LogP contribution in [0, 0.1) is 5.41 Å². The van der Waals surface area contributed by atoms with Crippen LogP contribution >= 0.6 is 0 Å². The lowest BCUT2D eigenvalue weighted by molar-refractivity contribution is -0.130. The van der Waals surface area contributed by atoms with E-state index in [1.807, 2.05) is 30.3 Å². The Morgan fingerprint density at radius 2 is 1.29 bits per heavy atom. The van der Waals surface area contributed by atoms with Crippen molar-refractivity contribution in [3.05, 3.63) is 137 Å². The van der Waals surface area contributed by atoms with Gasteiger partial charge in [0.05, 0.1) is 5.75 Å². The van der Waals surface area contributed by atoms with Gasteiger partial charge in [-0.2, -0.15) is 0 Å². The van der Waals surface area contributed by atoms with Crippen molar-refractivity contribution in [2.24, 2.45) is 5.73 Å². The molecule has 2 atom stereocenters. The van der Waals surface area contributed by atoms with Crippen LogP contribution in [0.15, 0.2) is 109 Å². The van der Waals surface area contributed by atoms with Gasteiger partial charge in [0.2, 0.25) is 27.7 Å². The van der Waals surface area contributed by atoms with E-state index in [1.54, 1.807) is 79.1 Å². The molecule has 12 nitrogen and oxygen atoms in total. The van der Waals surface area contributed by atoms with Gasteiger partial charge in [-0.1, -0.05) is 84.9 Å². The lowest BCUT2D eigenvalue weighted by Crippen LogP contribution is -2.54. The third-order valence-corrected chi connectivity index (χ3v) is 9.02. The predicted molar refractivity (Wildman–Crippen MR) is 187 cm³/mol. The smallest absolute Gasteiger partial charge is 0.242 e. The number of benzene rings is 3. The topological polar surface area (TPSA) is 196 Å². The first kappa shape index (κ1) is 36.4. The summed E-state index contributed by atoms with van der Waals surface area (Å²) in [6.45, 7) is 0.415. The van der Waals surface area contributed by atoms with E-state index in [0.717, 1.165) is 16.7 Å². The fourth-order valence-electron chi connectivity index (χ4n) is 4.97. The van der Waals surface area contributed by atoms with Crippen LogP contribution in [0.1, 0.15) is 47.1 Å². The molecule has 0 aliphatic rings. The molecule has 4 aromatic rings. The molecule has 0 unspecified atom stereocenters. The summed E-state index contributed by atoms with van der Waals surface area (Å²) in [7, 11) is -3.97. The molecule has 49 heavy (non-hydrogen) atoms. The number of sulfonamides is 1. The summed E-state index contributed by atoms with van der Waals surface area (Å²) in [5.74, 6) is -1.96. The maximum atomic E-state index is 13.8. The van der Waals surface area contributed by atoms with E-state index < -0.39 is 33.9 Å². The van der Waals surface area contributed by atoms with Gasteiger partial charge in [0.1, 0.15) is 17.9 Å². The van der Waals surface area contributed by atoms with Crippen LogP contribution < -0.4 is 26.4 Å². The minimum Gasteiger partial charge on any atom is -0.384 e. The van der Waals surface area contributed by atoms with E-state index in [4.69, 9.17) is 11.1 Å². The Kier molecular flexibility index (Phi) is 13.6. The first-order valence-corrected chi connectivity index (χ1v) is 17.5. The summed E-state index contributed by atoms with van der Waals surface area (Å²) in [5.41, 5.74) is 9.12. The van der Waals surface area contributed by atoms with Crippen LogP contribution in [0.4, 0.5) is 0 Å². The van der Waals surface area contributed by atoms with Gasteiger partial charge in [0, 0.05) is 37.5 Å². The second kappa shape index (κ2) is 18.2. The highest BCUT2D eigenvalue weighted by Crippen LogP contribution is 2.11. The zero-order valence-corrected chi connectivity index (χ0v) is 27.8. The fraction of sp³-hybridized carbons (Fsp3) is 0.250. The Morgan fingerprint density at radius 3 is 1.92 bits per heavy atom. The number of carbonyl (C=O) groups excluding carboxylic acids is 3. The van der Waals surface area contributed by atoms with Crippen LogP contribution in [0.3, 0.4) is 0 Å². The van der Waals surface area contributed by atoms with Gasteiger partial charge in [-0.3, -0.25) is 24.8 Å². The maximum absolute atomic E-state index is 13.8. The van der Waals surface area contributed by atoms with Crippen molar-refractivity contribution in [1.29, 1.82) is 5.41 Å². The van der Waals surface area contributed by atoms with Gasteiger partial charge >= 0.3 is 0 Å². The van der Waals surface area contributed by atoms with Crippen molar-refractivity contribution in [3.8, 4) is 0 Å². The zero-order chi connectivity index (χ0) is 35.1. The number of rotatable bonds is 18. The monoisotopic (exact) mass is 683 g/mol. The third kappa shape index (κ3) is 12.6. The Balaban J connectivity index is 1.48. The SMILES string of the molecule is N=C(N)c1ccc(CNC(=O)[C@H](CCC(=O)NCc2ccccc2)NC(=O)[C@@H](CCc2ccncc2)NS(=O)(=O)Cc2ccccc2)cc1. The number of nitrogens with zero attached hydrogens (tertiary/aromatic N) is 1. The van der Waals surface area contributed by atoms with Crippen molar-refractivity contribution in [2.45, 2.75) is 56.6 Å². The number of hydrogen-bond acceptors (Lipinski definition) is 7. The van der Waals surface area contributed by atoms with E-state index in [-0.39, 0.29) is 43.3 Å². The van der Waals surface area contributed by atoms with Crippen LogP contribution in [0.25, 0.3) is 0 Å². The average molecular weight is 684 g/mol. The van der Waals surface area contributed by atoms with E-state index >= 15 is 0 Å². The van der Waals surface area contributed by atoms with Gasteiger partial charge in [0.25, 0.3) is 0 Å². The number of amidine groups is 1. The number of hydrogen-bond donors (Lipinski definition) is 6. The standard InChI is InChI=1S/C36H41N7O5S/c37-34(38)30-14-11-28(12-15-30)24-41-35(45)31(17-18-33(44)40-23-27-7-3-1-4-8-27)42-36(46)32(16-13-26-19-21-39-22-20-26)43-49(47,48)25-29-9-5-2-6-10-29/h1-12,14-15,19-22,31-32,43H,13,16-18,23-25H2,(H3,37,38)(H,40,44)(H,41,45)(H,42,46)/t31-,32+/m0/s1. The summed E-state index contributed by atoms with van der Waals surface area (Å²) in [5, 5.41) is 15.9. The summed E-state index contributed by atoms with van der Waals surface area (Å²) in [6.07, 6.45) is 3.60. The Morgan fingerprint density at radius 1 is 0.694 bits per heavy atom. The number of carbonyl (C=O) groups is 3. The number of aromatic nitrogens is 1. The molecule has 0 spiro atoms. The van der Waals surface area contributed by atoms with Crippen molar-refractivity contribution >= 4 is 33.6 Å². The van der Waals surface area contributed by atoms with E-state index in [0.29, 0.717) is 24.1 Å².